The van der Waals surface area contributed by atoms with Crippen molar-refractivity contribution in [3.05, 3.63) is 24.0 Å². The van der Waals surface area contributed by atoms with Crippen LogP contribution in [0.3, 0.4) is 0 Å². The fraction of sp³-hybridized carbons (Fsp3) is 0.533. The third-order valence-corrected chi connectivity index (χ3v) is 5.11. The first-order chi connectivity index (χ1) is 9.85. The van der Waals surface area contributed by atoms with E-state index in [4.69, 9.17) is 21.3 Å². The average Bonchev–Trinajstić information content (AvgIpc) is 2.88. The van der Waals surface area contributed by atoms with Crippen LogP contribution in [0.25, 0.3) is 11.0 Å². The van der Waals surface area contributed by atoms with E-state index in [1.165, 1.54) is 18.6 Å². The summed E-state index contributed by atoms with van der Waals surface area (Å²) in [4.78, 5) is 4.72. The number of ether oxygens (including phenoxy) is 1. The molecule has 5 heteroatoms. The molecular weight excluding hydrogens is 292 g/mol. The van der Waals surface area contributed by atoms with Gasteiger partial charge < -0.3 is 9.30 Å². The first kappa shape index (κ1) is 14.1. The standard InChI is InChI=1S/C15H19ClN2OS/c1-2-19-13-7-3-6-12-15(13)17-14(9-16)18(12)11-5-4-8-20-10-11/h3,6-7,11H,2,4-5,8-10H2,1H3. The van der Waals surface area contributed by atoms with Crippen molar-refractivity contribution in [1.29, 1.82) is 0 Å². The number of thioether (sulfide) groups is 1. The minimum absolute atomic E-state index is 0.446. The van der Waals surface area contributed by atoms with Crippen LogP contribution in [-0.2, 0) is 5.88 Å². The number of halogens is 1. The normalized spacial score (nSPS) is 19.4. The van der Waals surface area contributed by atoms with Gasteiger partial charge in [0, 0.05) is 11.8 Å². The van der Waals surface area contributed by atoms with E-state index < -0.39 is 0 Å². The van der Waals surface area contributed by atoms with Crippen LogP contribution in [0.5, 0.6) is 5.75 Å². The molecule has 20 heavy (non-hydrogen) atoms. The Morgan fingerprint density at radius 3 is 3.10 bits per heavy atom. The van der Waals surface area contributed by atoms with Crippen LogP contribution < -0.4 is 4.74 Å². The lowest BCUT2D eigenvalue weighted by Crippen LogP contribution is -2.17. The van der Waals surface area contributed by atoms with Gasteiger partial charge in [0.2, 0.25) is 0 Å². The van der Waals surface area contributed by atoms with Crippen LogP contribution in [0.1, 0.15) is 31.6 Å². The van der Waals surface area contributed by atoms with Gasteiger partial charge in [0.1, 0.15) is 17.1 Å². The molecule has 1 saturated heterocycles. The van der Waals surface area contributed by atoms with E-state index in [9.17, 15) is 0 Å². The van der Waals surface area contributed by atoms with E-state index in [-0.39, 0.29) is 0 Å². The quantitative estimate of drug-likeness (QED) is 0.790. The molecule has 2 heterocycles. The van der Waals surface area contributed by atoms with Crippen molar-refractivity contribution in [2.45, 2.75) is 31.7 Å². The molecule has 1 unspecified atom stereocenters. The van der Waals surface area contributed by atoms with Gasteiger partial charge in [0.05, 0.1) is 18.0 Å². The van der Waals surface area contributed by atoms with Crippen molar-refractivity contribution in [2.24, 2.45) is 0 Å². The van der Waals surface area contributed by atoms with E-state index in [1.807, 2.05) is 30.8 Å². The van der Waals surface area contributed by atoms with Gasteiger partial charge in [0.25, 0.3) is 0 Å². The number of alkyl halides is 1. The van der Waals surface area contributed by atoms with Crippen molar-refractivity contribution in [3.8, 4) is 5.75 Å². The molecule has 108 valence electrons. The lowest BCUT2D eigenvalue weighted by molar-refractivity contribution is 0.343. The van der Waals surface area contributed by atoms with Crippen LogP contribution in [0, 0.1) is 0 Å². The summed E-state index contributed by atoms with van der Waals surface area (Å²) in [6.07, 6.45) is 2.48. The maximum absolute atomic E-state index is 6.12. The fourth-order valence-corrected chi connectivity index (χ4v) is 4.15. The van der Waals surface area contributed by atoms with Crippen LogP contribution in [0.4, 0.5) is 0 Å². The number of nitrogens with zero attached hydrogens (tertiary/aromatic N) is 2. The number of aromatic nitrogens is 2. The molecule has 1 atom stereocenters. The average molecular weight is 311 g/mol. The number of para-hydroxylation sites is 1. The summed E-state index contributed by atoms with van der Waals surface area (Å²) in [5, 5.41) is 0. The molecule has 0 N–H and O–H groups in total. The summed E-state index contributed by atoms with van der Waals surface area (Å²) in [5.74, 6) is 4.68. The molecule has 0 radical (unpaired) electrons. The lowest BCUT2D eigenvalue weighted by Gasteiger charge is -2.25. The van der Waals surface area contributed by atoms with Gasteiger partial charge in [-0.25, -0.2) is 4.98 Å². The first-order valence-corrected chi connectivity index (χ1v) is 8.80. The lowest BCUT2D eigenvalue weighted by atomic mass is 10.1. The minimum Gasteiger partial charge on any atom is -0.492 e. The number of hydrogen-bond donors (Lipinski definition) is 0. The Labute approximate surface area is 128 Å². The summed E-state index contributed by atoms with van der Waals surface area (Å²) < 4.78 is 8.03. The van der Waals surface area contributed by atoms with E-state index in [2.05, 4.69) is 10.6 Å². The van der Waals surface area contributed by atoms with Gasteiger partial charge in [-0.15, -0.1) is 11.6 Å². The van der Waals surface area contributed by atoms with Crippen molar-refractivity contribution >= 4 is 34.4 Å². The van der Waals surface area contributed by atoms with Crippen molar-refractivity contribution in [2.75, 3.05) is 18.1 Å². The first-order valence-electron chi connectivity index (χ1n) is 7.11. The molecular formula is C15H19ClN2OS. The Hall–Kier alpha value is -0.870. The zero-order chi connectivity index (χ0) is 13.9. The second-order valence-corrected chi connectivity index (χ2v) is 6.38. The molecule has 0 saturated carbocycles. The molecule has 0 bridgehead atoms. The van der Waals surface area contributed by atoms with Crippen LogP contribution in [0.15, 0.2) is 18.2 Å². The van der Waals surface area contributed by atoms with Gasteiger partial charge >= 0.3 is 0 Å². The van der Waals surface area contributed by atoms with E-state index in [0.717, 1.165) is 28.4 Å². The summed E-state index contributed by atoms with van der Waals surface area (Å²) in [6, 6.07) is 6.65. The van der Waals surface area contributed by atoms with Gasteiger partial charge in [0.15, 0.2) is 0 Å². The number of benzene rings is 1. The molecule has 0 spiro atoms. The second kappa shape index (κ2) is 6.27. The van der Waals surface area contributed by atoms with Gasteiger partial charge in [-0.3, -0.25) is 0 Å². The number of hydrogen-bond acceptors (Lipinski definition) is 3. The Balaban J connectivity index is 2.11. The molecule has 1 aromatic carbocycles. The van der Waals surface area contributed by atoms with Gasteiger partial charge in [-0.1, -0.05) is 6.07 Å². The molecule has 0 aliphatic carbocycles. The highest BCUT2D eigenvalue weighted by molar-refractivity contribution is 7.99. The minimum atomic E-state index is 0.446. The summed E-state index contributed by atoms with van der Waals surface area (Å²) in [6.45, 7) is 2.65. The molecule has 3 nitrogen and oxygen atoms in total. The summed E-state index contributed by atoms with van der Waals surface area (Å²) in [5.41, 5.74) is 2.10. The molecule has 3 rings (SSSR count). The van der Waals surface area contributed by atoms with Crippen LogP contribution in [0.2, 0.25) is 0 Å². The Kier molecular flexibility index (Phi) is 4.41. The van der Waals surface area contributed by atoms with Crippen LogP contribution >= 0.6 is 23.4 Å². The monoisotopic (exact) mass is 310 g/mol. The Morgan fingerprint density at radius 2 is 2.40 bits per heavy atom. The molecule has 1 aliphatic heterocycles. The number of imidazole rings is 1. The Morgan fingerprint density at radius 1 is 1.50 bits per heavy atom. The number of fused-ring (bicyclic) bond motifs is 1. The molecule has 1 fully saturated rings. The highest BCUT2D eigenvalue weighted by Gasteiger charge is 2.22. The molecule has 2 aromatic rings. The summed E-state index contributed by atoms with van der Waals surface area (Å²) in [7, 11) is 0. The van der Waals surface area contributed by atoms with Crippen molar-refractivity contribution in [3.63, 3.8) is 0 Å². The van der Waals surface area contributed by atoms with Gasteiger partial charge in [-0.05, 0) is 37.7 Å². The van der Waals surface area contributed by atoms with E-state index in [0.29, 0.717) is 18.5 Å². The molecule has 0 amide bonds. The van der Waals surface area contributed by atoms with Crippen LogP contribution in [-0.4, -0.2) is 27.7 Å². The zero-order valence-corrected chi connectivity index (χ0v) is 13.2. The van der Waals surface area contributed by atoms with Gasteiger partial charge in [-0.2, -0.15) is 11.8 Å². The van der Waals surface area contributed by atoms with Crippen molar-refractivity contribution < 1.29 is 4.74 Å². The molecule has 1 aromatic heterocycles. The highest BCUT2D eigenvalue weighted by Crippen LogP contribution is 2.34. The maximum atomic E-state index is 6.12. The topological polar surface area (TPSA) is 27.1 Å². The highest BCUT2D eigenvalue weighted by atomic mass is 35.5. The third-order valence-electron chi connectivity index (χ3n) is 3.68. The Bertz CT molecular complexity index is 593. The maximum Gasteiger partial charge on any atom is 0.147 e. The fourth-order valence-electron chi connectivity index (χ4n) is 2.84. The number of rotatable bonds is 4. The smallest absolute Gasteiger partial charge is 0.147 e. The molecule has 1 aliphatic rings. The SMILES string of the molecule is CCOc1cccc2c1nc(CCl)n2C1CCCSC1. The predicted octanol–water partition coefficient (Wildman–Crippen LogP) is 4.24. The third kappa shape index (κ3) is 2.51. The van der Waals surface area contributed by atoms with E-state index in [1.54, 1.807) is 0 Å². The second-order valence-electron chi connectivity index (χ2n) is 4.96. The predicted molar refractivity (Wildman–Crippen MR) is 86.1 cm³/mol. The van der Waals surface area contributed by atoms with E-state index >= 15 is 0 Å². The largest absolute Gasteiger partial charge is 0.492 e. The summed E-state index contributed by atoms with van der Waals surface area (Å²) >= 11 is 8.14. The zero-order valence-electron chi connectivity index (χ0n) is 11.6. The van der Waals surface area contributed by atoms with Crippen molar-refractivity contribution in [1.82, 2.24) is 9.55 Å².